The molecule has 1 amide bonds. The summed E-state index contributed by atoms with van der Waals surface area (Å²) < 4.78 is 9.79. The fourth-order valence-corrected chi connectivity index (χ4v) is 2.60. The van der Waals surface area contributed by atoms with Gasteiger partial charge in [-0.3, -0.25) is 4.79 Å². The van der Waals surface area contributed by atoms with Gasteiger partial charge in [-0.2, -0.15) is 0 Å². The summed E-state index contributed by atoms with van der Waals surface area (Å²) in [5.74, 6) is -3.98. The smallest absolute Gasteiger partial charge is 0.366 e. The van der Waals surface area contributed by atoms with E-state index in [4.69, 9.17) is 4.74 Å². The lowest BCUT2D eigenvalue weighted by Crippen LogP contribution is -2.49. The highest BCUT2D eigenvalue weighted by atomic mass is 16.7. The highest BCUT2D eigenvalue weighted by molar-refractivity contribution is 5.82. The summed E-state index contributed by atoms with van der Waals surface area (Å²) in [6.45, 7) is 6.35. The summed E-state index contributed by atoms with van der Waals surface area (Å²) in [7, 11) is 0. The number of ether oxygens (including phenoxy) is 2. The number of carbonyl (C=O) groups excluding carboxylic acids is 2. The third-order valence-corrected chi connectivity index (χ3v) is 3.65. The maximum atomic E-state index is 12.3. The van der Waals surface area contributed by atoms with Crippen molar-refractivity contribution in [3.8, 4) is 0 Å². The SMILES string of the molecule is CCCN(CCC)C(=O)[C@H](O)[C@@H]1OC(O)(C(=O)OCC)C[C@@H]1O. The molecule has 134 valence electrons. The van der Waals surface area contributed by atoms with Crippen LogP contribution in [-0.4, -0.2) is 75.9 Å². The zero-order chi connectivity index (χ0) is 17.6. The minimum Gasteiger partial charge on any atom is -0.462 e. The third-order valence-electron chi connectivity index (χ3n) is 3.65. The number of hydrogen-bond acceptors (Lipinski definition) is 7. The fraction of sp³-hybridized carbons (Fsp3) is 0.867. The van der Waals surface area contributed by atoms with E-state index in [2.05, 4.69) is 4.74 Å². The van der Waals surface area contributed by atoms with Crippen molar-refractivity contribution in [2.24, 2.45) is 0 Å². The zero-order valence-electron chi connectivity index (χ0n) is 13.9. The molecule has 1 aliphatic rings. The second kappa shape index (κ2) is 8.58. The number of carbonyl (C=O) groups is 2. The van der Waals surface area contributed by atoms with Crippen molar-refractivity contribution in [2.45, 2.75) is 64.1 Å². The average molecular weight is 333 g/mol. The van der Waals surface area contributed by atoms with E-state index in [-0.39, 0.29) is 6.61 Å². The van der Waals surface area contributed by atoms with E-state index in [0.29, 0.717) is 13.1 Å². The van der Waals surface area contributed by atoms with E-state index in [0.717, 1.165) is 12.8 Å². The van der Waals surface area contributed by atoms with E-state index in [9.17, 15) is 24.9 Å². The van der Waals surface area contributed by atoms with Crippen molar-refractivity contribution in [3.63, 3.8) is 0 Å². The van der Waals surface area contributed by atoms with Crippen LogP contribution in [0.15, 0.2) is 0 Å². The molecule has 0 saturated carbocycles. The van der Waals surface area contributed by atoms with Gasteiger partial charge in [-0.25, -0.2) is 4.79 Å². The standard InChI is InChI=1S/C15H27NO7/c1-4-7-16(8-5-2)13(19)11(18)12-10(17)9-15(21,23-12)14(20)22-6-3/h10-12,17-18,21H,4-9H2,1-3H3/t10-,11+,12+,15?/m0/s1. The number of rotatable bonds is 8. The maximum absolute atomic E-state index is 12.3. The van der Waals surface area contributed by atoms with Crippen molar-refractivity contribution in [1.82, 2.24) is 4.90 Å². The van der Waals surface area contributed by atoms with Crippen LogP contribution in [0.4, 0.5) is 0 Å². The van der Waals surface area contributed by atoms with Crippen LogP contribution >= 0.6 is 0 Å². The summed E-state index contributed by atoms with van der Waals surface area (Å²) in [5.41, 5.74) is 0. The van der Waals surface area contributed by atoms with Gasteiger partial charge in [0.2, 0.25) is 0 Å². The number of esters is 1. The van der Waals surface area contributed by atoms with Gasteiger partial charge in [0.05, 0.1) is 12.7 Å². The largest absolute Gasteiger partial charge is 0.462 e. The van der Waals surface area contributed by atoms with E-state index < -0.39 is 42.4 Å². The Hall–Kier alpha value is -1.22. The van der Waals surface area contributed by atoms with Gasteiger partial charge in [-0.05, 0) is 19.8 Å². The molecule has 0 aliphatic carbocycles. The summed E-state index contributed by atoms with van der Waals surface area (Å²) >= 11 is 0. The molecule has 0 bridgehead atoms. The van der Waals surface area contributed by atoms with Crippen LogP contribution in [0.5, 0.6) is 0 Å². The van der Waals surface area contributed by atoms with Crippen molar-refractivity contribution in [3.05, 3.63) is 0 Å². The van der Waals surface area contributed by atoms with Crippen LogP contribution < -0.4 is 0 Å². The molecule has 4 atom stereocenters. The van der Waals surface area contributed by atoms with Gasteiger partial charge in [-0.15, -0.1) is 0 Å². The minimum atomic E-state index is -2.35. The van der Waals surface area contributed by atoms with Crippen LogP contribution in [0.1, 0.15) is 40.0 Å². The quantitative estimate of drug-likeness (QED) is 0.508. The lowest BCUT2D eigenvalue weighted by Gasteiger charge is -2.28. The molecule has 8 nitrogen and oxygen atoms in total. The molecule has 0 aromatic carbocycles. The second-order valence-electron chi connectivity index (χ2n) is 5.63. The van der Waals surface area contributed by atoms with Gasteiger partial charge in [-0.1, -0.05) is 13.8 Å². The molecule has 1 heterocycles. The summed E-state index contributed by atoms with van der Waals surface area (Å²) in [5, 5.41) is 30.3. The van der Waals surface area contributed by atoms with E-state index >= 15 is 0 Å². The first-order valence-corrected chi connectivity index (χ1v) is 8.03. The average Bonchev–Trinajstić information content (AvgIpc) is 2.82. The lowest BCUT2D eigenvalue weighted by molar-refractivity contribution is -0.230. The van der Waals surface area contributed by atoms with Gasteiger partial charge >= 0.3 is 5.97 Å². The predicted octanol–water partition coefficient (Wildman–Crippen LogP) is -0.603. The molecule has 0 radical (unpaired) electrons. The minimum absolute atomic E-state index is 0.0352. The molecule has 1 aliphatic heterocycles. The Morgan fingerprint density at radius 2 is 1.87 bits per heavy atom. The normalized spacial score (nSPS) is 28.4. The molecule has 1 saturated heterocycles. The summed E-state index contributed by atoms with van der Waals surface area (Å²) in [4.78, 5) is 25.5. The Balaban J connectivity index is 2.81. The Kier molecular flexibility index (Phi) is 7.40. The highest BCUT2D eigenvalue weighted by Gasteiger charge is 2.54. The molecule has 0 aromatic rings. The van der Waals surface area contributed by atoms with E-state index in [1.165, 1.54) is 4.90 Å². The molecule has 3 N–H and O–H groups in total. The van der Waals surface area contributed by atoms with Gasteiger partial charge in [0.1, 0.15) is 6.10 Å². The molecule has 1 rings (SSSR count). The molecule has 8 heteroatoms. The third kappa shape index (κ3) is 4.63. The van der Waals surface area contributed by atoms with Crippen LogP contribution in [0.25, 0.3) is 0 Å². The number of hydrogen-bond donors (Lipinski definition) is 3. The first-order valence-electron chi connectivity index (χ1n) is 8.03. The highest BCUT2D eigenvalue weighted by Crippen LogP contribution is 2.32. The molecule has 0 aromatic heterocycles. The van der Waals surface area contributed by atoms with Crippen molar-refractivity contribution < 1.29 is 34.4 Å². The topological polar surface area (TPSA) is 117 Å². The lowest BCUT2D eigenvalue weighted by atomic mass is 10.0. The second-order valence-corrected chi connectivity index (χ2v) is 5.63. The Labute approximate surface area is 136 Å². The van der Waals surface area contributed by atoms with Crippen molar-refractivity contribution in [1.29, 1.82) is 0 Å². The molecule has 1 unspecified atom stereocenters. The van der Waals surface area contributed by atoms with Crippen molar-refractivity contribution >= 4 is 11.9 Å². The molecule has 23 heavy (non-hydrogen) atoms. The van der Waals surface area contributed by atoms with Gasteiger partial charge < -0.3 is 29.7 Å². The molecule has 0 spiro atoms. The van der Waals surface area contributed by atoms with Gasteiger partial charge in [0, 0.05) is 19.5 Å². The van der Waals surface area contributed by atoms with E-state index in [1.807, 2.05) is 13.8 Å². The van der Waals surface area contributed by atoms with Crippen LogP contribution in [0.2, 0.25) is 0 Å². The van der Waals surface area contributed by atoms with Crippen molar-refractivity contribution in [2.75, 3.05) is 19.7 Å². The summed E-state index contributed by atoms with van der Waals surface area (Å²) in [6, 6.07) is 0. The zero-order valence-corrected chi connectivity index (χ0v) is 13.9. The Bertz CT molecular complexity index is 411. The first-order chi connectivity index (χ1) is 10.8. The van der Waals surface area contributed by atoms with Crippen LogP contribution in [0.3, 0.4) is 0 Å². The Morgan fingerprint density at radius 3 is 2.35 bits per heavy atom. The van der Waals surface area contributed by atoms with Gasteiger partial charge in [0.25, 0.3) is 11.7 Å². The van der Waals surface area contributed by atoms with E-state index in [1.54, 1.807) is 6.92 Å². The monoisotopic (exact) mass is 333 g/mol. The molecule has 1 fully saturated rings. The fourth-order valence-electron chi connectivity index (χ4n) is 2.60. The molecular weight excluding hydrogens is 306 g/mol. The number of aliphatic hydroxyl groups is 3. The molecular formula is C15H27NO7. The Morgan fingerprint density at radius 1 is 1.30 bits per heavy atom. The van der Waals surface area contributed by atoms with Crippen LogP contribution in [0, 0.1) is 0 Å². The number of nitrogens with zero attached hydrogens (tertiary/aromatic N) is 1. The first kappa shape index (κ1) is 19.8. The number of amides is 1. The van der Waals surface area contributed by atoms with Gasteiger partial charge in [0.15, 0.2) is 6.10 Å². The van der Waals surface area contributed by atoms with Crippen LogP contribution in [-0.2, 0) is 19.1 Å². The summed E-state index contributed by atoms with van der Waals surface area (Å²) in [6.07, 6.45) is -3.41. The number of aliphatic hydroxyl groups excluding tert-OH is 2. The maximum Gasteiger partial charge on any atom is 0.366 e. The predicted molar refractivity (Wildman–Crippen MR) is 80.2 cm³/mol.